The lowest BCUT2D eigenvalue weighted by Crippen LogP contribution is -2.34. The number of carboxylic acid groups (broad SMARTS) is 1. The monoisotopic (exact) mass is 272 g/mol. The Bertz CT molecular complexity index is 522. The van der Waals surface area contributed by atoms with Crippen molar-refractivity contribution in [1.29, 1.82) is 0 Å². The summed E-state index contributed by atoms with van der Waals surface area (Å²) in [6.45, 7) is 3.55. The number of aromatic nitrogens is 1. The van der Waals surface area contributed by atoms with Crippen molar-refractivity contribution in [3.63, 3.8) is 0 Å². The van der Waals surface area contributed by atoms with E-state index in [4.69, 9.17) is 5.11 Å². The molecule has 7 heteroatoms. The van der Waals surface area contributed by atoms with Crippen molar-refractivity contribution in [1.82, 2.24) is 4.98 Å². The molecule has 6 nitrogen and oxygen atoms in total. The summed E-state index contributed by atoms with van der Waals surface area (Å²) in [7, 11) is -3.29. The maximum absolute atomic E-state index is 11.2. The SMILES string of the molecule is CC(C)[C@H](Nc1ccc(S(C)(=O)=O)cn1)C(=O)O. The number of carboxylic acids is 1. The molecule has 0 aliphatic heterocycles. The van der Waals surface area contributed by atoms with Gasteiger partial charge in [0.25, 0.3) is 0 Å². The van der Waals surface area contributed by atoms with Gasteiger partial charge >= 0.3 is 5.97 Å². The van der Waals surface area contributed by atoms with Gasteiger partial charge in [-0.2, -0.15) is 0 Å². The number of carbonyl (C=O) groups is 1. The van der Waals surface area contributed by atoms with E-state index in [9.17, 15) is 13.2 Å². The summed E-state index contributed by atoms with van der Waals surface area (Å²) < 4.78 is 22.5. The Morgan fingerprint density at radius 3 is 2.33 bits per heavy atom. The number of nitrogens with one attached hydrogen (secondary N) is 1. The molecule has 0 bridgehead atoms. The minimum atomic E-state index is -3.29. The van der Waals surface area contributed by atoms with Gasteiger partial charge in [-0.15, -0.1) is 0 Å². The molecule has 0 aliphatic carbocycles. The minimum Gasteiger partial charge on any atom is -0.480 e. The summed E-state index contributed by atoms with van der Waals surface area (Å²) in [5, 5.41) is 11.8. The van der Waals surface area contributed by atoms with E-state index in [0.29, 0.717) is 5.82 Å². The molecular formula is C11H16N2O4S. The predicted molar refractivity (Wildman–Crippen MR) is 67.2 cm³/mol. The average Bonchev–Trinajstić information content (AvgIpc) is 2.24. The van der Waals surface area contributed by atoms with Gasteiger partial charge in [0.15, 0.2) is 9.84 Å². The van der Waals surface area contributed by atoms with Gasteiger partial charge in [0.1, 0.15) is 11.9 Å². The van der Waals surface area contributed by atoms with Crippen LogP contribution in [0.4, 0.5) is 5.82 Å². The molecule has 1 aromatic rings. The third-order valence-electron chi connectivity index (χ3n) is 2.40. The average molecular weight is 272 g/mol. The summed E-state index contributed by atoms with van der Waals surface area (Å²) in [6, 6.07) is 2.08. The molecule has 0 radical (unpaired) electrons. The summed E-state index contributed by atoms with van der Waals surface area (Å²) in [6.07, 6.45) is 2.29. The zero-order valence-corrected chi connectivity index (χ0v) is 11.2. The molecule has 1 atom stereocenters. The Kier molecular flexibility index (Phi) is 4.28. The molecule has 0 amide bonds. The molecule has 2 N–H and O–H groups in total. The van der Waals surface area contributed by atoms with E-state index < -0.39 is 21.8 Å². The molecule has 0 spiro atoms. The number of hydrogen-bond donors (Lipinski definition) is 2. The number of rotatable bonds is 5. The first-order chi connectivity index (χ1) is 8.21. The fourth-order valence-corrected chi connectivity index (χ4v) is 1.92. The van der Waals surface area contributed by atoms with Gasteiger partial charge in [0.05, 0.1) is 4.90 Å². The highest BCUT2D eigenvalue weighted by atomic mass is 32.2. The molecule has 0 saturated heterocycles. The Morgan fingerprint density at radius 1 is 1.39 bits per heavy atom. The van der Waals surface area contributed by atoms with Crippen LogP contribution in [0.15, 0.2) is 23.2 Å². The number of hydrogen-bond acceptors (Lipinski definition) is 5. The van der Waals surface area contributed by atoms with E-state index in [1.165, 1.54) is 18.3 Å². The first kappa shape index (κ1) is 14.4. The number of sulfone groups is 1. The van der Waals surface area contributed by atoms with Crippen LogP contribution in [0.3, 0.4) is 0 Å². The van der Waals surface area contributed by atoms with Crippen molar-refractivity contribution in [3.8, 4) is 0 Å². The van der Waals surface area contributed by atoms with Crippen molar-refractivity contribution in [2.45, 2.75) is 24.8 Å². The maximum atomic E-state index is 11.2. The van der Waals surface area contributed by atoms with Gasteiger partial charge in [-0.05, 0) is 18.1 Å². The Hall–Kier alpha value is -1.63. The van der Waals surface area contributed by atoms with Crippen LogP contribution in [0.2, 0.25) is 0 Å². The van der Waals surface area contributed by atoms with Crippen molar-refractivity contribution < 1.29 is 18.3 Å². The Balaban J connectivity index is 2.90. The standard InChI is InChI=1S/C11H16N2O4S/c1-7(2)10(11(14)15)13-9-5-4-8(6-12-9)18(3,16)17/h4-7,10H,1-3H3,(H,12,13)(H,14,15)/t10-/m0/s1. The maximum Gasteiger partial charge on any atom is 0.326 e. The third-order valence-corrected chi connectivity index (χ3v) is 3.50. The molecular weight excluding hydrogens is 256 g/mol. The highest BCUT2D eigenvalue weighted by Crippen LogP contribution is 2.13. The normalized spacial score (nSPS) is 13.3. The lowest BCUT2D eigenvalue weighted by Gasteiger charge is -2.18. The lowest BCUT2D eigenvalue weighted by atomic mass is 10.1. The van der Waals surface area contributed by atoms with Gasteiger partial charge in [-0.25, -0.2) is 18.2 Å². The number of aliphatic carboxylic acids is 1. The van der Waals surface area contributed by atoms with E-state index in [-0.39, 0.29) is 10.8 Å². The van der Waals surface area contributed by atoms with Gasteiger partial charge in [-0.1, -0.05) is 13.8 Å². The number of pyridine rings is 1. The van der Waals surface area contributed by atoms with Crippen molar-refractivity contribution in [2.75, 3.05) is 11.6 Å². The van der Waals surface area contributed by atoms with E-state index >= 15 is 0 Å². The van der Waals surface area contributed by atoms with E-state index in [2.05, 4.69) is 10.3 Å². The quantitative estimate of drug-likeness (QED) is 0.830. The molecule has 1 rings (SSSR count). The molecule has 100 valence electrons. The number of anilines is 1. The van der Waals surface area contributed by atoms with Crippen molar-refractivity contribution in [2.24, 2.45) is 5.92 Å². The molecule has 0 fully saturated rings. The number of nitrogens with zero attached hydrogens (tertiary/aromatic N) is 1. The summed E-state index contributed by atoms with van der Waals surface area (Å²) in [4.78, 5) is 15.0. The summed E-state index contributed by atoms with van der Waals surface area (Å²) in [5.74, 6) is -0.749. The fraction of sp³-hybridized carbons (Fsp3) is 0.455. The van der Waals surface area contributed by atoms with E-state index in [0.717, 1.165) is 6.26 Å². The highest BCUT2D eigenvalue weighted by Gasteiger charge is 2.21. The molecule has 0 aromatic carbocycles. The zero-order chi connectivity index (χ0) is 13.9. The Morgan fingerprint density at radius 2 is 2.00 bits per heavy atom. The predicted octanol–water partition coefficient (Wildman–Crippen LogP) is 1.01. The lowest BCUT2D eigenvalue weighted by molar-refractivity contribution is -0.138. The van der Waals surface area contributed by atoms with Crippen LogP contribution in [-0.4, -0.2) is 36.8 Å². The third kappa shape index (κ3) is 3.69. The molecule has 18 heavy (non-hydrogen) atoms. The van der Waals surface area contributed by atoms with Crippen LogP contribution in [0.1, 0.15) is 13.8 Å². The van der Waals surface area contributed by atoms with Crippen molar-refractivity contribution in [3.05, 3.63) is 18.3 Å². The Labute approximate surface area is 106 Å². The zero-order valence-electron chi connectivity index (χ0n) is 10.4. The van der Waals surface area contributed by atoms with Gasteiger partial charge in [-0.3, -0.25) is 0 Å². The van der Waals surface area contributed by atoms with Crippen LogP contribution < -0.4 is 5.32 Å². The first-order valence-electron chi connectivity index (χ1n) is 5.37. The van der Waals surface area contributed by atoms with E-state index in [1.807, 2.05) is 0 Å². The molecule has 0 aliphatic rings. The van der Waals surface area contributed by atoms with Crippen LogP contribution in [-0.2, 0) is 14.6 Å². The van der Waals surface area contributed by atoms with Gasteiger partial charge < -0.3 is 10.4 Å². The topological polar surface area (TPSA) is 96.4 Å². The molecule has 1 aromatic heterocycles. The molecule has 0 unspecified atom stereocenters. The van der Waals surface area contributed by atoms with Gasteiger partial charge in [0, 0.05) is 12.5 Å². The minimum absolute atomic E-state index is 0.101. The smallest absolute Gasteiger partial charge is 0.326 e. The summed E-state index contributed by atoms with van der Waals surface area (Å²) >= 11 is 0. The van der Waals surface area contributed by atoms with Crippen LogP contribution in [0.25, 0.3) is 0 Å². The molecule has 0 saturated carbocycles. The molecule has 1 heterocycles. The second-order valence-electron chi connectivity index (χ2n) is 4.36. The second-order valence-corrected chi connectivity index (χ2v) is 6.37. The van der Waals surface area contributed by atoms with E-state index in [1.54, 1.807) is 13.8 Å². The highest BCUT2D eigenvalue weighted by molar-refractivity contribution is 7.90. The largest absolute Gasteiger partial charge is 0.480 e. The van der Waals surface area contributed by atoms with Crippen LogP contribution in [0, 0.1) is 5.92 Å². The summed E-state index contributed by atoms with van der Waals surface area (Å²) in [5.41, 5.74) is 0. The van der Waals surface area contributed by atoms with Crippen LogP contribution in [0.5, 0.6) is 0 Å². The van der Waals surface area contributed by atoms with Gasteiger partial charge in [0.2, 0.25) is 0 Å². The second kappa shape index (κ2) is 5.34. The fourth-order valence-electron chi connectivity index (χ4n) is 1.36. The van der Waals surface area contributed by atoms with Crippen LogP contribution >= 0.6 is 0 Å². The van der Waals surface area contributed by atoms with Crippen molar-refractivity contribution >= 4 is 21.6 Å². The first-order valence-corrected chi connectivity index (χ1v) is 7.26.